The molecule has 1 fully saturated rings. The van der Waals surface area contributed by atoms with Gasteiger partial charge in [-0.05, 0) is 73.1 Å². The van der Waals surface area contributed by atoms with Gasteiger partial charge >= 0.3 is 0 Å². The summed E-state index contributed by atoms with van der Waals surface area (Å²) in [6.45, 7) is 8.34. The average Bonchev–Trinajstić information content (AvgIpc) is 3.16. The third-order valence-electron chi connectivity index (χ3n) is 5.21. The second kappa shape index (κ2) is 7.81. The molecule has 0 aromatic heterocycles. The van der Waals surface area contributed by atoms with Crippen molar-refractivity contribution in [3.8, 4) is 0 Å². The largest absolute Gasteiger partial charge is 0.369 e. The Morgan fingerprint density at radius 1 is 1.16 bits per heavy atom. The van der Waals surface area contributed by atoms with Crippen LogP contribution in [0.3, 0.4) is 0 Å². The van der Waals surface area contributed by atoms with E-state index in [9.17, 15) is 4.39 Å². The predicted molar refractivity (Wildman–Crippen MR) is 105 cm³/mol. The lowest BCUT2D eigenvalue weighted by atomic mass is 9.99. The Morgan fingerprint density at radius 3 is 2.48 bits per heavy atom. The molecule has 1 aliphatic rings. The van der Waals surface area contributed by atoms with Crippen molar-refractivity contribution >= 4 is 17.6 Å². The van der Waals surface area contributed by atoms with Crippen LogP contribution in [0.2, 0.25) is 0 Å². The second-order valence-corrected chi connectivity index (χ2v) is 7.01. The molecule has 1 saturated heterocycles. The first-order chi connectivity index (χ1) is 12.1. The van der Waals surface area contributed by atoms with Crippen LogP contribution in [0.4, 0.5) is 15.8 Å². The van der Waals surface area contributed by atoms with Gasteiger partial charge in [-0.2, -0.15) is 0 Å². The van der Waals surface area contributed by atoms with Crippen molar-refractivity contribution < 1.29 is 4.39 Å². The molecule has 0 unspecified atom stereocenters. The Kier molecular flexibility index (Phi) is 5.52. The van der Waals surface area contributed by atoms with Crippen molar-refractivity contribution in [2.45, 2.75) is 46.0 Å². The summed E-state index contributed by atoms with van der Waals surface area (Å²) >= 11 is 0. The summed E-state index contributed by atoms with van der Waals surface area (Å²) in [5, 5.41) is 0. The van der Waals surface area contributed by atoms with E-state index in [-0.39, 0.29) is 5.82 Å². The van der Waals surface area contributed by atoms with E-state index in [0.717, 1.165) is 54.9 Å². The van der Waals surface area contributed by atoms with E-state index >= 15 is 0 Å². The third-order valence-corrected chi connectivity index (χ3v) is 5.21. The molecule has 132 valence electrons. The number of nitrogens with zero attached hydrogens (tertiary/aromatic N) is 2. The summed E-state index contributed by atoms with van der Waals surface area (Å²) in [6, 6.07) is 11.9. The predicted octanol–water partition coefficient (Wildman–Crippen LogP) is 6.00. The molecular weight excluding hydrogens is 311 g/mol. The van der Waals surface area contributed by atoms with Gasteiger partial charge in [0, 0.05) is 19.3 Å². The first-order valence-corrected chi connectivity index (χ1v) is 9.27. The summed E-state index contributed by atoms with van der Waals surface area (Å²) in [6.07, 6.45) is 5.19. The molecule has 0 bridgehead atoms. The van der Waals surface area contributed by atoms with Gasteiger partial charge in [0.15, 0.2) is 0 Å². The molecule has 3 heteroatoms. The first-order valence-electron chi connectivity index (χ1n) is 9.27. The summed E-state index contributed by atoms with van der Waals surface area (Å²) in [4.78, 5) is 6.66. The molecule has 0 saturated carbocycles. The van der Waals surface area contributed by atoms with Gasteiger partial charge in [0.25, 0.3) is 0 Å². The van der Waals surface area contributed by atoms with Gasteiger partial charge in [-0.3, -0.25) is 4.99 Å². The van der Waals surface area contributed by atoms with Crippen LogP contribution in [0.25, 0.3) is 0 Å². The Balaban J connectivity index is 1.78. The smallest absolute Gasteiger partial charge is 0.147 e. The number of halogens is 1. The highest BCUT2D eigenvalue weighted by molar-refractivity contribution is 5.84. The lowest BCUT2D eigenvalue weighted by molar-refractivity contribution is 0.622. The Morgan fingerprint density at radius 2 is 1.84 bits per heavy atom. The molecule has 3 rings (SSSR count). The zero-order valence-corrected chi connectivity index (χ0v) is 15.4. The maximum Gasteiger partial charge on any atom is 0.147 e. The third kappa shape index (κ3) is 4.09. The molecule has 1 atom stereocenters. The number of hydrogen-bond acceptors (Lipinski definition) is 2. The normalized spacial score (nSPS) is 15.9. The maximum absolute atomic E-state index is 14.5. The number of anilines is 1. The number of benzene rings is 2. The van der Waals surface area contributed by atoms with Gasteiger partial charge in [0.1, 0.15) is 5.82 Å². The molecule has 0 N–H and O–H groups in total. The minimum Gasteiger partial charge on any atom is -0.369 e. The van der Waals surface area contributed by atoms with Gasteiger partial charge in [0.05, 0.1) is 11.4 Å². The Labute approximate surface area is 150 Å². The zero-order chi connectivity index (χ0) is 17.8. The molecule has 0 radical (unpaired) electrons. The van der Waals surface area contributed by atoms with E-state index in [0.29, 0.717) is 5.92 Å². The molecule has 2 nitrogen and oxygen atoms in total. The highest BCUT2D eigenvalue weighted by atomic mass is 19.1. The summed E-state index contributed by atoms with van der Waals surface area (Å²) in [5.74, 6) is 0.411. The van der Waals surface area contributed by atoms with Crippen LogP contribution in [0, 0.1) is 12.7 Å². The molecule has 2 aromatic rings. The van der Waals surface area contributed by atoms with Crippen molar-refractivity contribution in [3.05, 3.63) is 58.9 Å². The van der Waals surface area contributed by atoms with Gasteiger partial charge < -0.3 is 4.90 Å². The number of aryl methyl sites for hydroxylation is 1. The molecule has 1 aliphatic heterocycles. The lowest BCUT2D eigenvalue weighted by Crippen LogP contribution is -2.19. The zero-order valence-electron chi connectivity index (χ0n) is 15.4. The SMILES string of the molecule is CC[C@H](C)c1ccc(N=Cc2cc(F)c(N3CCCC3)cc2C)cc1. The van der Waals surface area contributed by atoms with E-state index in [1.54, 1.807) is 12.3 Å². The Bertz CT molecular complexity index is 743. The lowest BCUT2D eigenvalue weighted by Gasteiger charge is -2.19. The Hall–Kier alpha value is -2.16. The van der Waals surface area contributed by atoms with Crippen molar-refractivity contribution in [1.82, 2.24) is 0 Å². The molecule has 25 heavy (non-hydrogen) atoms. The van der Waals surface area contributed by atoms with E-state index in [1.165, 1.54) is 5.56 Å². The number of aliphatic imine (C=N–C) groups is 1. The first kappa shape index (κ1) is 17.7. The van der Waals surface area contributed by atoms with E-state index in [4.69, 9.17) is 0 Å². The van der Waals surface area contributed by atoms with Crippen molar-refractivity contribution in [1.29, 1.82) is 0 Å². The fraction of sp³-hybridized carbons (Fsp3) is 0.409. The number of rotatable bonds is 5. The van der Waals surface area contributed by atoms with Gasteiger partial charge in [0.2, 0.25) is 0 Å². The standard InChI is InChI=1S/C22H27FN2/c1-4-16(2)18-7-9-20(10-8-18)24-15-19-14-21(23)22(13-17(19)3)25-11-5-6-12-25/h7-10,13-16H,4-6,11-12H2,1-3H3/t16-/m0/s1. The average molecular weight is 338 g/mol. The van der Waals surface area contributed by atoms with E-state index < -0.39 is 0 Å². The van der Waals surface area contributed by atoms with Gasteiger partial charge in [-0.15, -0.1) is 0 Å². The van der Waals surface area contributed by atoms with Crippen LogP contribution in [-0.4, -0.2) is 19.3 Å². The molecule has 0 amide bonds. The van der Waals surface area contributed by atoms with Crippen LogP contribution in [-0.2, 0) is 0 Å². The molecule has 1 heterocycles. The van der Waals surface area contributed by atoms with Crippen LogP contribution < -0.4 is 4.90 Å². The monoisotopic (exact) mass is 338 g/mol. The van der Waals surface area contributed by atoms with Gasteiger partial charge in [-0.25, -0.2) is 4.39 Å². The summed E-state index contributed by atoms with van der Waals surface area (Å²) in [5.41, 5.74) is 4.86. The molecular formula is C22H27FN2. The summed E-state index contributed by atoms with van der Waals surface area (Å²) < 4.78 is 14.5. The highest BCUT2D eigenvalue weighted by Crippen LogP contribution is 2.27. The van der Waals surface area contributed by atoms with E-state index in [2.05, 4.69) is 35.9 Å². The highest BCUT2D eigenvalue weighted by Gasteiger charge is 2.17. The minimum atomic E-state index is -0.152. The minimum absolute atomic E-state index is 0.152. The summed E-state index contributed by atoms with van der Waals surface area (Å²) in [7, 11) is 0. The quantitative estimate of drug-likeness (QED) is 0.611. The second-order valence-electron chi connectivity index (χ2n) is 7.01. The van der Waals surface area contributed by atoms with Crippen molar-refractivity contribution in [2.75, 3.05) is 18.0 Å². The van der Waals surface area contributed by atoms with Crippen LogP contribution >= 0.6 is 0 Å². The maximum atomic E-state index is 14.5. The van der Waals surface area contributed by atoms with Gasteiger partial charge in [-0.1, -0.05) is 26.0 Å². The van der Waals surface area contributed by atoms with Crippen LogP contribution in [0.5, 0.6) is 0 Å². The molecule has 0 aliphatic carbocycles. The molecule has 2 aromatic carbocycles. The number of hydrogen-bond donors (Lipinski definition) is 0. The van der Waals surface area contributed by atoms with Crippen LogP contribution in [0.1, 0.15) is 55.7 Å². The fourth-order valence-electron chi connectivity index (χ4n) is 3.29. The van der Waals surface area contributed by atoms with Crippen LogP contribution in [0.15, 0.2) is 41.4 Å². The fourth-order valence-corrected chi connectivity index (χ4v) is 3.29. The molecule has 0 spiro atoms. The van der Waals surface area contributed by atoms with Crippen molar-refractivity contribution in [3.63, 3.8) is 0 Å². The topological polar surface area (TPSA) is 15.6 Å². The van der Waals surface area contributed by atoms with E-state index in [1.807, 2.05) is 25.1 Å². The van der Waals surface area contributed by atoms with Crippen molar-refractivity contribution in [2.24, 2.45) is 4.99 Å².